The summed E-state index contributed by atoms with van der Waals surface area (Å²) in [7, 11) is 1.55. The summed E-state index contributed by atoms with van der Waals surface area (Å²) in [6, 6.07) is 0. The van der Waals surface area contributed by atoms with E-state index in [-0.39, 0.29) is 59.6 Å². The van der Waals surface area contributed by atoms with Gasteiger partial charge in [0.15, 0.2) is 0 Å². The van der Waals surface area contributed by atoms with E-state index in [1.165, 1.54) is 0 Å². The number of aliphatic hydroxyl groups is 1. The van der Waals surface area contributed by atoms with Crippen LogP contribution in [0.15, 0.2) is 10.7 Å². The number of rotatable bonds is 5. The molecule has 2 spiro atoms. The van der Waals surface area contributed by atoms with Gasteiger partial charge in [0, 0.05) is 30.0 Å². The van der Waals surface area contributed by atoms with Crippen LogP contribution in [0.4, 0.5) is 0 Å². The summed E-state index contributed by atoms with van der Waals surface area (Å²) in [5, 5.41) is 14.2. The highest BCUT2D eigenvalue weighted by atomic mass is 16.7. The molecule has 6 aliphatic rings. The maximum Gasteiger partial charge on any atom is 0.314 e. The molecule has 3 saturated carbocycles. The minimum absolute atomic E-state index is 0.0103. The van der Waals surface area contributed by atoms with E-state index in [4.69, 9.17) is 18.6 Å². The number of aliphatic hydroxyl groups excluding tert-OH is 1. The lowest BCUT2D eigenvalue weighted by atomic mass is 9.46. The molecule has 7 rings (SSSR count). The first-order valence-corrected chi connectivity index (χ1v) is 12.7. The number of hydrogen-bond acceptors (Lipinski definition) is 7. The lowest BCUT2D eigenvalue weighted by Crippen LogP contribution is -2.64. The Morgan fingerprint density at radius 3 is 2.82 bits per heavy atom. The summed E-state index contributed by atoms with van der Waals surface area (Å²) in [6.45, 7) is 6.67. The molecular formula is C26H33NO7. The molecule has 2 N–H and O–H groups in total. The second-order valence-electron chi connectivity index (χ2n) is 11.9. The molecule has 0 radical (unpaired) electrons. The van der Waals surface area contributed by atoms with Crippen molar-refractivity contribution < 1.29 is 33.3 Å². The molecule has 4 aliphatic carbocycles. The normalized spacial score (nSPS) is 48.4. The van der Waals surface area contributed by atoms with Crippen molar-refractivity contribution in [1.82, 2.24) is 5.32 Å². The maximum absolute atomic E-state index is 12.3. The smallest absolute Gasteiger partial charge is 0.314 e. The molecule has 2 saturated heterocycles. The van der Waals surface area contributed by atoms with Gasteiger partial charge >= 0.3 is 5.97 Å². The summed E-state index contributed by atoms with van der Waals surface area (Å²) < 4.78 is 24.2. The first-order chi connectivity index (χ1) is 16.2. The molecule has 184 valence electrons. The van der Waals surface area contributed by atoms with Gasteiger partial charge in [0.1, 0.15) is 17.3 Å². The van der Waals surface area contributed by atoms with Crippen LogP contribution in [0.25, 0.3) is 0 Å². The van der Waals surface area contributed by atoms with Crippen LogP contribution in [-0.4, -0.2) is 53.5 Å². The van der Waals surface area contributed by atoms with E-state index in [2.05, 4.69) is 26.1 Å². The molecule has 1 aromatic heterocycles. The quantitative estimate of drug-likeness (QED) is 0.501. The zero-order valence-electron chi connectivity index (χ0n) is 20.2. The fraction of sp³-hybridized carbons (Fsp3) is 0.769. The zero-order chi connectivity index (χ0) is 23.8. The van der Waals surface area contributed by atoms with Crippen molar-refractivity contribution in [2.45, 2.75) is 94.7 Å². The van der Waals surface area contributed by atoms with Crippen LogP contribution in [0.1, 0.15) is 69.9 Å². The van der Waals surface area contributed by atoms with E-state index < -0.39 is 23.3 Å². The van der Waals surface area contributed by atoms with Gasteiger partial charge in [0.2, 0.25) is 5.91 Å². The number of amides is 1. The first kappa shape index (κ1) is 21.4. The molecular weight excluding hydrogens is 438 g/mol. The number of nitrogens with one attached hydrogen (secondary N) is 1. The minimum Gasteiger partial charge on any atom is -0.433 e. The van der Waals surface area contributed by atoms with E-state index in [0.29, 0.717) is 5.92 Å². The highest BCUT2D eigenvalue weighted by molar-refractivity contribution is 5.81. The van der Waals surface area contributed by atoms with Crippen molar-refractivity contribution in [3.05, 3.63) is 17.4 Å². The van der Waals surface area contributed by atoms with E-state index >= 15 is 0 Å². The number of hydrogen-bond donors (Lipinski definition) is 2. The third-order valence-corrected chi connectivity index (χ3v) is 10.7. The van der Waals surface area contributed by atoms with Gasteiger partial charge in [-0.1, -0.05) is 20.8 Å². The molecule has 8 nitrogen and oxygen atoms in total. The van der Waals surface area contributed by atoms with E-state index in [1.54, 1.807) is 13.3 Å². The Balaban J connectivity index is 1.18. The topological polar surface area (TPSA) is 114 Å². The molecule has 1 amide bonds. The number of carbonyl (C=O) groups excluding carboxylic acids is 2. The molecule has 8 heteroatoms. The molecule has 0 bridgehead atoms. The van der Waals surface area contributed by atoms with Crippen molar-refractivity contribution in [3.63, 3.8) is 0 Å². The van der Waals surface area contributed by atoms with Gasteiger partial charge < -0.3 is 29.1 Å². The number of esters is 1. The van der Waals surface area contributed by atoms with Crippen molar-refractivity contribution >= 4 is 11.9 Å². The molecule has 5 fully saturated rings. The Morgan fingerprint density at radius 2 is 2.09 bits per heavy atom. The van der Waals surface area contributed by atoms with Crippen molar-refractivity contribution in [1.29, 1.82) is 0 Å². The van der Waals surface area contributed by atoms with Crippen molar-refractivity contribution in [3.8, 4) is 5.95 Å². The summed E-state index contributed by atoms with van der Waals surface area (Å²) in [5.41, 5.74) is 1.02. The predicted octanol–water partition coefficient (Wildman–Crippen LogP) is 2.46. The molecule has 34 heavy (non-hydrogen) atoms. The van der Waals surface area contributed by atoms with Crippen LogP contribution in [0.5, 0.6) is 5.95 Å². The summed E-state index contributed by atoms with van der Waals surface area (Å²) in [4.78, 5) is 23.8. The highest BCUT2D eigenvalue weighted by Gasteiger charge is 2.97. The van der Waals surface area contributed by atoms with Gasteiger partial charge in [-0.05, 0) is 48.9 Å². The monoisotopic (exact) mass is 471 g/mol. The molecule has 0 aromatic carbocycles. The Morgan fingerprint density at radius 1 is 1.29 bits per heavy atom. The predicted molar refractivity (Wildman–Crippen MR) is 118 cm³/mol. The van der Waals surface area contributed by atoms with Crippen LogP contribution in [-0.2, 0) is 25.5 Å². The molecule has 3 heterocycles. The largest absolute Gasteiger partial charge is 0.433 e. The minimum atomic E-state index is -0.589. The average Bonchev–Trinajstić information content (AvgIpc) is 3.70. The number of epoxide rings is 2. The van der Waals surface area contributed by atoms with Gasteiger partial charge in [-0.15, -0.1) is 0 Å². The van der Waals surface area contributed by atoms with Crippen molar-refractivity contribution in [2.75, 3.05) is 7.05 Å². The summed E-state index contributed by atoms with van der Waals surface area (Å²) in [5.74, 6) is 0.509. The zero-order valence-corrected chi connectivity index (χ0v) is 20.2. The van der Waals surface area contributed by atoms with Gasteiger partial charge in [-0.2, -0.15) is 0 Å². The third kappa shape index (κ3) is 2.14. The third-order valence-electron chi connectivity index (χ3n) is 10.7. The second kappa shape index (κ2) is 6.26. The van der Waals surface area contributed by atoms with Crippen LogP contribution >= 0.6 is 0 Å². The second-order valence-corrected chi connectivity index (χ2v) is 11.9. The molecule has 0 unspecified atom stereocenters. The fourth-order valence-corrected chi connectivity index (χ4v) is 8.96. The Labute approximate surface area is 198 Å². The number of carbonyl (C=O) groups is 2. The molecule has 1 aromatic rings. The lowest BCUT2D eigenvalue weighted by Gasteiger charge is -2.55. The SMILES string of the molecule is CNC(=O)CCC(=O)Oc1occ2c1CC[C@@]1(C)[C@H]2C[C@@H]2O[C@@]23[C@H](O)[C@@]2(C(C)C)O[C@H]2[C@@H]2C[C@@]231. The van der Waals surface area contributed by atoms with Gasteiger partial charge in [0.25, 0.3) is 5.95 Å². The van der Waals surface area contributed by atoms with Gasteiger partial charge in [-0.25, -0.2) is 0 Å². The van der Waals surface area contributed by atoms with Crippen LogP contribution < -0.4 is 10.1 Å². The summed E-state index contributed by atoms with van der Waals surface area (Å²) in [6.07, 6.45) is 4.96. The van der Waals surface area contributed by atoms with Gasteiger partial charge in [0.05, 0.1) is 24.9 Å². The number of fused-ring (bicyclic) bond motifs is 5. The standard InChI is InChI=1S/C26H33NO7/c1-12(2)25-20(34-25)16-10-24(16)23(3)8-7-13-14(15(23)9-17-26(24,33-17)22(25)30)11-31-21(13)32-19(29)6-5-18(28)27-4/h11-12,15-17,20,22,30H,5-10H2,1-4H3,(H,27,28)/t15-,16-,17-,20-,22+,23-,24-,25-,26+/m0/s1. The maximum atomic E-state index is 12.3. The van der Waals surface area contributed by atoms with E-state index in [9.17, 15) is 14.7 Å². The Hall–Kier alpha value is -1.90. The van der Waals surface area contributed by atoms with E-state index in [0.717, 1.165) is 36.8 Å². The van der Waals surface area contributed by atoms with E-state index in [1.807, 2.05) is 0 Å². The first-order valence-electron chi connectivity index (χ1n) is 12.7. The Bertz CT molecular complexity index is 1110. The Kier molecular flexibility index (Phi) is 3.94. The fourth-order valence-electron chi connectivity index (χ4n) is 8.96. The van der Waals surface area contributed by atoms with Gasteiger partial charge in [-0.3, -0.25) is 9.59 Å². The lowest BCUT2D eigenvalue weighted by molar-refractivity contribution is -0.137. The van der Waals surface area contributed by atoms with Crippen LogP contribution in [0, 0.1) is 22.7 Å². The van der Waals surface area contributed by atoms with Crippen LogP contribution in [0.2, 0.25) is 0 Å². The summed E-state index contributed by atoms with van der Waals surface area (Å²) >= 11 is 0. The van der Waals surface area contributed by atoms with Crippen molar-refractivity contribution in [2.24, 2.45) is 22.7 Å². The number of ether oxygens (including phenoxy) is 3. The average molecular weight is 472 g/mol. The van der Waals surface area contributed by atoms with Crippen LogP contribution in [0.3, 0.4) is 0 Å². The highest BCUT2D eigenvalue weighted by Crippen LogP contribution is 2.90. The number of furan rings is 1. The molecule has 9 atom stereocenters. The molecule has 2 aliphatic heterocycles.